The van der Waals surface area contributed by atoms with E-state index in [2.05, 4.69) is 21.7 Å². The minimum Gasteiger partial charge on any atom is -0.369 e. The van der Waals surface area contributed by atoms with Crippen LogP contribution in [0.4, 0.5) is 5.82 Å². The van der Waals surface area contributed by atoms with Gasteiger partial charge in [-0.3, -0.25) is 0 Å². The fourth-order valence-electron chi connectivity index (χ4n) is 3.26. The summed E-state index contributed by atoms with van der Waals surface area (Å²) in [7, 11) is 0. The summed E-state index contributed by atoms with van der Waals surface area (Å²) in [6.45, 7) is 3.20. The van der Waals surface area contributed by atoms with E-state index in [-0.39, 0.29) is 0 Å². The molecule has 2 aliphatic rings. The van der Waals surface area contributed by atoms with Crippen molar-refractivity contribution >= 4 is 5.82 Å². The number of hydrogen-bond donors (Lipinski definition) is 2. The molecule has 20 heavy (non-hydrogen) atoms. The number of aromatic nitrogens is 1. The van der Waals surface area contributed by atoms with Crippen LogP contribution in [0.1, 0.15) is 42.5 Å². The number of anilines is 1. The molecular weight excluding hydrogens is 248 g/mol. The van der Waals surface area contributed by atoms with Crippen LogP contribution in [0.2, 0.25) is 0 Å². The third kappa shape index (κ3) is 2.94. The zero-order chi connectivity index (χ0) is 13.8. The molecule has 0 bridgehead atoms. The Labute approximate surface area is 120 Å². The maximum absolute atomic E-state index is 9.26. The normalized spacial score (nSPS) is 21.2. The van der Waals surface area contributed by atoms with Gasteiger partial charge in [-0.25, -0.2) is 4.98 Å². The standard InChI is InChI=1S/C16H22N4/c17-10-14-9-13-4-1-5-15(13)20-16(14)19-8-6-12-3-2-7-18-11-12/h9,12,18H,1-8,11H2,(H,19,20). The van der Waals surface area contributed by atoms with Gasteiger partial charge in [0.25, 0.3) is 0 Å². The molecule has 2 heterocycles. The SMILES string of the molecule is N#Cc1cc2c(nc1NCCC1CCCNC1)CCC2. The number of nitrogens with one attached hydrogen (secondary N) is 2. The summed E-state index contributed by atoms with van der Waals surface area (Å²) in [5.41, 5.74) is 3.15. The zero-order valence-electron chi connectivity index (χ0n) is 11.9. The van der Waals surface area contributed by atoms with E-state index in [1.54, 1.807) is 0 Å². The highest BCUT2D eigenvalue weighted by Crippen LogP contribution is 2.25. The van der Waals surface area contributed by atoms with Crippen molar-refractivity contribution in [2.24, 2.45) is 5.92 Å². The van der Waals surface area contributed by atoms with E-state index < -0.39 is 0 Å². The van der Waals surface area contributed by atoms with E-state index in [1.807, 2.05) is 6.07 Å². The molecule has 1 aliphatic carbocycles. The fraction of sp³-hybridized carbons (Fsp3) is 0.625. The first kappa shape index (κ1) is 13.4. The monoisotopic (exact) mass is 270 g/mol. The molecule has 0 saturated carbocycles. The third-order valence-corrected chi connectivity index (χ3v) is 4.42. The Morgan fingerprint density at radius 2 is 2.35 bits per heavy atom. The predicted molar refractivity (Wildman–Crippen MR) is 79.7 cm³/mol. The van der Waals surface area contributed by atoms with Crippen LogP contribution in [-0.4, -0.2) is 24.6 Å². The molecule has 0 aromatic carbocycles. The molecule has 4 heteroatoms. The predicted octanol–water partition coefficient (Wildman–Crippen LogP) is 2.24. The zero-order valence-corrected chi connectivity index (χ0v) is 11.9. The minimum atomic E-state index is 0.701. The second kappa shape index (κ2) is 6.23. The van der Waals surface area contributed by atoms with Gasteiger partial charge in [0, 0.05) is 12.2 Å². The van der Waals surface area contributed by atoms with Crippen LogP contribution in [0.5, 0.6) is 0 Å². The summed E-state index contributed by atoms with van der Waals surface area (Å²) < 4.78 is 0. The molecule has 106 valence electrons. The molecular formula is C16H22N4. The molecule has 1 saturated heterocycles. The smallest absolute Gasteiger partial charge is 0.144 e. The Morgan fingerprint density at radius 3 is 3.15 bits per heavy atom. The number of fused-ring (bicyclic) bond motifs is 1. The molecule has 1 fully saturated rings. The van der Waals surface area contributed by atoms with E-state index in [9.17, 15) is 5.26 Å². The minimum absolute atomic E-state index is 0.701. The highest BCUT2D eigenvalue weighted by Gasteiger charge is 2.17. The van der Waals surface area contributed by atoms with Gasteiger partial charge >= 0.3 is 0 Å². The van der Waals surface area contributed by atoms with Gasteiger partial charge in [-0.1, -0.05) is 0 Å². The second-order valence-electron chi connectivity index (χ2n) is 5.88. The highest BCUT2D eigenvalue weighted by molar-refractivity contribution is 5.55. The number of hydrogen-bond acceptors (Lipinski definition) is 4. The van der Waals surface area contributed by atoms with Crippen molar-refractivity contribution in [2.75, 3.05) is 25.0 Å². The molecule has 1 aromatic rings. The van der Waals surface area contributed by atoms with Crippen molar-refractivity contribution in [1.82, 2.24) is 10.3 Å². The van der Waals surface area contributed by atoms with Crippen molar-refractivity contribution in [2.45, 2.75) is 38.5 Å². The lowest BCUT2D eigenvalue weighted by Gasteiger charge is -2.22. The quantitative estimate of drug-likeness (QED) is 0.881. The van der Waals surface area contributed by atoms with Gasteiger partial charge in [-0.05, 0) is 69.2 Å². The number of nitrogens with zero attached hydrogens (tertiary/aromatic N) is 2. The van der Waals surface area contributed by atoms with Gasteiger partial charge in [-0.2, -0.15) is 5.26 Å². The average molecular weight is 270 g/mol. The second-order valence-corrected chi connectivity index (χ2v) is 5.88. The van der Waals surface area contributed by atoms with Crippen molar-refractivity contribution in [3.63, 3.8) is 0 Å². The molecule has 1 aliphatic heterocycles. The molecule has 1 aromatic heterocycles. The number of nitriles is 1. The highest BCUT2D eigenvalue weighted by atomic mass is 15.0. The van der Waals surface area contributed by atoms with E-state index in [0.717, 1.165) is 50.6 Å². The summed E-state index contributed by atoms with van der Waals surface area (Å²) in [4.78, 5) is 4.66. The molecule has 3 rings (SSSR count). The van der Waals surface area contributed by atoms with Crippen molar-refractivity contribution in [1.29, 1.82) is 5.26 Å². The van der Waals surface area contributed by atoms with E-state index in [4.69, 9.17) is 0 Å². The van der Waals surface area contributed by atoms with Crippen molar-refractivity contribution in [3.8, 4) is 6.07 Å². The summed E-state index contributed by atoms with van der Waals surface area (Å²) in [6.07, 6.45) is 7.05. The molecule has 1 unspecified atom stereocenters. The maximum atomic E-state index is 9.26. The molecule has 0 radical (unpaired) electrons. The molecule has 4 nitrogen and oxygen atoms in total. The number of pyridine rings is 1. The van der Waals surface area contributed by atoms with Crippen LogP contribution in [0.25, 0.3) is 0 Å². The maximum Gasteiger partial charge on any atom is 0.144 e. The Kier molecular flexibility index (Phi) is 4.17. The molecule has 0 spiro atoms. The fourth-order valence-corrected chi connectivity index (χ4v) is 3.26. The van der Waals surface area contributed by atoms with Gasteiger partial charge in [0.1, 0.15) is 11.9 Å². The molecule has 1 atom stereocenters. The first-order valence-corrected chi connectivity index (χ1v) is 7.74. The molecule has 2 N–H and O–H groups in total. The van der Waals surface area contributed by atoms with E-state index in [0.29, 0.717) is 5.56 Å². The first-order valence-electron chi connectivity index (χ1n) is 7.74. The average Bonchev–Trinajstić information content (AvgIpc) is 2.94. The van der Waals surface area contributed by atoms with E-state index in [1.165, 1.54) is 30.5 Å². The Bertz CT molecular complexity index is 512. The Hall–Kier alpha value is -1.60. The lowest BCUT2D eigenvalue weighted by molar-refractivity contribution is 0.364. The Balaban J connectivity index is 1.60. The molecule has 0 amide bonds. The topological polar surface area (TPSA) is 60.7 Å². The van der Waals surface area contributed by atoms with Crippen LogP contribution in [-0.2, 0) is 12.8 Å². The number of aryl methyl sites for hydroxylation is 2. The lowest BCUT2D eigenvalue weighted by Crippen LogP contribution is -2.30. The van der Waals surface area contributed by atoms with Gasteiger partial charge in [0.2, 0.25) is 0 Å². The number of rotatable bonds is 4. The Morgan fingerprint density at radius 1 is 1.40 bits per heavy atom. The largest absolute Gasteiger partial charge is 0.369 e. The first-order chi connectivity index (χ1) is 9.86. The third-order valence-electron chi connectivity index (χ3n) is 4.42. The number of piperidine rings is 1. The van der Waals surface area contributed by atoms with Crippen LogP contribution < -0.4 is 10.6 Å². The van der Waals surface area contributed by atoms with Gasteiger partial charge in [0.15, 0.2) is 0 Å². The summed E-state index contributed by atoms with van der Waals surface area (Å²) in [5, 5.41) is 16.1. The van der Waals surface area contributed by atoms with Crippen LogP contribution in [0.15, 0.2) is 6.07 Å². The van der Waals surface area contributed by atoms with Gasteiger partial charge in [0.05, 0.1) is 5.56 Å². The van der Waals surface area contributed by atoms with Gasteiger partial charge in [-0.15, -0.1) is 0 Å². The summed E-state index contributed by atoms with van der Waals surface area (Å²) in [6, 6.07) is 4.30. The van der Waals surface area contributed by atoms with Crippen LogP contribution >= 0.6 is 0 Å². The van der Waals surface area contributed by atoms with Crippen molar-refractivity contribution < 1.29 is 0 Å². The van der Waals surface area contributed by atoms with Crippen LogP contribution in [0, 0.1) is 17.2 Å². The van der Waals surface area contributed by atoms with Crippen LogP contribution in [0.3, 0.4) is 0 Å². The van der Waals surface area contributed by atoms with E-state index >= 15 is 0 Å². The van der Waals surface area contributed by atoms with Crippen molar-refractivity contribution in [3.05, 3.63) is 22.9 Å². The summed E-state index contributed by atoms with van der Waals surface area (Å²) >= 11 is 0. The summed E-state index contributed by atoms with van der Waals surface area (Å²) in [5.74, 6) is 1.55. The van der Waals surface area contributed by atoms with Gasteiger partial charge < -0.3 is 10.6 Å². The lowest BCUT2D eigenvalue weighted by atomic mass is 9.96.